The molecule has 2 aromatic rings. The van der Waals surface area contributed by atoms with Crippen LogP contribution in [0.1, 0.15) is 12.8 Å². The summed E-state index contributed by atoms with van der Waals surface area (Å²) in [5.41, 5.74) is 1.02. The van der Waals surface area contributed by atoms with Crippen molar-refractivity contribution >= 4 is 18.1 Å². The SMILES string of the molecule is COc1ccc(-c2nn(C[NH+]3CC[NH+](CC(=O)NC4CC4)CC3)c(=S)n2C)cc1. The number of methoxy groups -OCH3 is 1. The van der Waals surface area contributed by atoms with Crippen molar-refractivity contribution in [1.82, 2.24) is 19.7 Å². The molecule has 1 aromatic heterocycles. The van der Waals surface area contributed by atoms with Crippen LogP contribution in [0.3, 0.4) is 0 Å². The molecule has 1 aliphatic heterocycles. The Morgan fingerprint density at radius 1 is 1.21 bits per heavy atom. The van der Waals surface area contributed by atoms with Crippen molar-refractivity contribution in [3.63, 3.8) is 0 Å². The van der Waals surface area contributed by atoms with E-state index < -0.39 is 0 Å². The smallest absolute Gasteiger partial charge is 0.275 e. The minimum Gasteiger partial charge on any atom is -0.497 e. The van der Waals surface area contributed by atoms with Crippen LogP contribution in [0.25, 0.3) is 11.4 Å². The van der Waals surface area contributed by atoms with Crippen molar-refractivity contribution in [2.24, 2.45) is 7.05 Å². The summed E-state index contributed by atoms with van der Waals surface area (Å²) in [6, 6.07) is 8.32. The minimum absolute atomic E-state index is 0.196. The lowest BCUT2D eigenvalue weighted by atomic mass is 10.2. The molecule has 2 fully saturated rings. The highest BCUT2D eigenvalue weighted by atomic mass is 32.1. The molecule has 0 radical (unpaired) electrons. The number of amides is 1. The third-order valence-corrected chi connectivity index (χ3v) is 6.26. The quantitative estimate of drug-likeness (QED) is 0.486. The van der Waals surface area contributed by atoms with E-state index in [4.69, 9.17) is 22.1 Å². The van der Waals surface area contributed by atoms with Crippen molar-refractivity contribution in [3.8, 4) is 17.1 Å². The third-order valence-electron chi connectivity index (χ3n) is 5.78. The first-order valence-corrected chi connectivity index (χ1v) is 10.7. The molecule has 2 heterocycles. The number of nitrogens with zero attached hydrogens (tertiary/aromatic N) is 3. The summed E-state index contributed by atoms with van der Waals surface area (Å²) in [6.45, 7) is 5.38. The van der Waals surface area contributed by atoms with E-state index in [9.17, 15) is 4.79 Å². The molecule has 4 rings (SSSR count). The summed E-state index contributed by atoms with van der Waals surface area (Å²) >= 11 is 5.62. The van der Waals surface area contributed by atoms with Crippen LogP contribution in [0.15, 0.2) is 24.3 Å². The van der Waals surface area contributed by atoms with E-state index in [0.717, 1.165) is 67.6 Å². The van der Waals surface area contributed by atoms with Crippen LogP contribution in [-0.4, -0.2) is 66.1 Å². The molecular weight excluding hydrogens is 388 g/mol. The van der Waals surface area contributed by atoms with Crippen LogP contribution in [-0.2, 0) is 18.5 Å². The van der Waals surface area contributed by atoms with Crippen LogP contribution in [0, 0.1) is 4.77 Å². The first-order valence-electron chi connectivity index (χ1n) is 10.3. The number of ether oxygens (including phenoxy) is 1. The Morgan fingerprint density at radius 3 is 2.48 bits per heavy atom. The molecule has 0 atom stereocenters. The second kappa shape index (κ2) is 8.64. The number of aromatic nitrogens is 3. The second-order valence-corrected chi connectivity index (χ2v) is 8.44. The van der Waals surface area contributed by atoms with Gasteiger partial charge in [-0.1, -0.05) is 0 Å². The van der Waals surface area contributed by atoms with E-state index in [2.05, 4.69) is 5.32 Å². The molecule has 156 valence electrons. The fraction of sp³-hybridized carbons (Fsp3) is 0.550. The van der Waals surface area contributed by atoms with Crippen molar-refractivity contribution in [2.75, 3.05) is 39.8 Å². The van der Waals surface area contributed by atoms with Gasteiger partial charge in [0, 0.05) is 18.7 Å². The largest absolute Gasteiger partial charge is 0.497 e. The van der Waals surface area contributed by atoms with Crippen LogP contribution in [0.4, 0.5) is 0 Å². The molecule has 1 aromatic carbocycles. The van der Waals surface area contributed by atoms with Crippen LogP contribution < -0.4 is 19.9 Å². The van der Waals surface area contributed by atoms with Gasteiger partial charge in [0.05, 0.1) is 7.11 Å². The Labute approximate surface area is 176 Å². The maximum absolute atomic E-state index is 12.0. The van der Waals surface area contributed by atoms with Gasteiger partial charge >= 0.3 is 0 Å². The average molecular weight is 419 g/mol. The van der Waals surface area contributed by atoms with Gasteiger partial charge in [0.25, 0.3) is 5.91 Å². The summed E-state index contributed by atoms with van der Waals surface area (Å²) in [7, 11) is 3.62. The van der Waals surface area contributed by atoms with Gasteiger partial charge in [0.2, 0.25) is 4.77 Å². The van der Waals surface area contributed by atoms with Gasteiger partial charge < -0.3 is 24.4 Å². The maximum Gasteiger partial charge on any atom is 0.275 e. The highest BCUT2D eigenvalue weighted by Gasteiger charge is 2.28. The summed E-state index contributed by atoms with van der Waals surface area (Å²) < 4.78 is 9.84. The number of hydrogen-bond donors (Lipinski definition) is 3. The van der Waals surface area contributed by atoms with E-state index in [1.165, 1.54) is 9.80 Å². The van der Waals surface area contributed by atoms with Gasteiger partial charge in [-0.25, -0.2) is 0 Å². The molecule has 0 spiro atoms. The first-order chi connectivity index (χ1) is 14.0. The molecule has 29 heavy (non-hydrogen) atoms. The van der Waals surface area contributed by atoms with Gasteiger partial charge in [-0.2, -0.15) is 4.68 Å². The van der Waals surface area contributed by atoms with Crippen LogP contribution in [0.5, 0.6) is 5.75 Å². The molecule has 2 aliphatic rings. The lowest BCUT2D eigenvalue weighted by molar-refractivity contribution is -1.02. The van der Waals surface area contributed by atoms with Gasteiger partial charge in [0.15, 0.2) is 19.0 Å². The van der Waals surface area contributed by atoms with Crippen LogP contribution >= 0.6 is 12.2 Å². The molecule has 8 nitrogen and oxygen atoms in total. The van der Waals surface area contributed by atoms with E-state index in [1.807, 2.05) is 40.6 Å². The van der Waals surface area contributed by atoms with Crippen molar-refractivity contribution in [1.29, 1.82) is 0 Å². The summed E-state index contributed by atoms with van der Waals surface area (Å²) in [6.07, 6.45) is 2.28. The standard InChI is InChI=1S/C20H28N6O2S/c1-23-19(15-3-7-17(28-2)8-4-15)22-26(20(23)29)14-25-11-9-24(10-12-25)13-18(27)21-16-5-6-16/h3-4,7-8,16H,5-6,9-14H2,1-2H3,(H,21,27)/p+2. The normalized spacial score (nSPS) is 21.7. The van der Waals surface area contributed by atoms with E-state index >= 15 is 0 Å². The number of nitrogens with one attached hydrogen (secondary N) is 3. The lowest BCUT2D eigenvalue weighted by Gasteiger charge is -2.29. The third kappa shape index (κ3) is 4.85. The molecular formula is C20H30N6O2S+2. The molecule has 9 heteroatoms. The highest BCUT2D eigenvalue weighted by Crippen LogP contribution is 2.20. The zero-order valence-corrected chi connectivity index (χ0v) is 17.9. The van der Waals surface area contributed by atoms with E-state index in [1.54, 1.807) is 7.11 Å². The Bertz CT molecular complexity index is 910. The van der Waals surface area contributed by atoms with Crippen LogP contribution in [0.2, 0.25) is 0 Å². The van der Waals surface area contributed by atoms with E-state index in [0.29, 0.717) is 12.6 Å². The number of carbonyl (C=O) groups excluding carboxylic acids is 1. The van der Waals surface area contributed by atoms with E-state index in [-0.39, 0.29) is 5.91 Å². The molecule has 3 N–H and O–H groups in total. The van der Waals surface area contributed by atoms with Gasteiger partial charge in [-0.15, -0.1) is 5.10 Å². The zero-order valence-electron chi connectivity index (χ0n) is 17.1. The molecule has 0 bridgehead atoms. The van der Waals surface area contributed by atoms with Gasteiger partial charge in [-0.05, 0) is 49.3 Å². The topological polar surface area (TPSA) is 70.0 Å². The zero-order chi connectivity index (χ0) is 20.4. The lowest BCUT2D eigenvalue weighted by Crippen LogP contribution is -3.28. The molecule has 1 saturated carbocycles. The number of hydrogen-bond acceptors (Lipinski definition) is 4. The summed E-state index contributed by atoms with van der Waals surface area (Å²) in [5.74, 6) is 1.88. The first kappa shape index (κ1) is 20.1. The van der Waals surface area contributed by atoms with Crippen molar-refractivity contribution < 1.29 is 19.3 Å². The molecule has 1 aliphatic carbocycles. The number of piperazine rings is 1. The second-order valence-electron chi connectivity index (χ2n) is 8.07. The van der Waals surface area contributed by atoms with Crippen molar-refractivity contribution in [3.05, 3.63) is 29.0 Å². The Hall–Kier alpha value is -2.23. The number of carbonyl (C=O) groups is 1. The molecule has 1 amide bonds. The fourth-order valence-corrected chi connectivity index (χ4v) is 4.01. The highest BCUT2D eigenvalue weighted by molar-refractivity contribution is 7.71. The van der Waals surface area contributed by atoms with Gasteiger partial charge in [-0.3, -0.25) is 4.79 Å². The Morgan fingerprint density at radius 2 is 1.86 bits per heavy atom. The monoisotopic (exact) mass is 418 g/mol. The predicted molar refractivity (Wildman–Crippen MR) is 111 cm³/mol. The number of rotatable bonds is 7. The van der Waals surface area contributed by atoms with Gasteiger partial charge in [0.1, 0.15) is 31.9 Å². The maximum atomic E-state index is 12.0. The predicted octanol–water partition coefficient (Wildman–Crippen LogP) is -1.35. The fourth-order valence-electron chi connectivity index (χ4n) is 3.82. The summed E-state index contributed by atoms with van der Waals surface area (Å²) in [4.78, 5) is 14.8. The molecule has 1 saturated heterocycles. The number of benzene rings is 1. The minimum atomic E-state index is 0.196. The Balaban J connectivity index is 1.35. The molecule has 0 unspecified atom stereocenters. The van der Waals surface area contributed by atoms with Crippen molar-refractivity contribution in [2.45, 2.75) is 25.6 Å². The number of quaternary nitrogens is 2. The summed E-state index contributed by atoms with van der Waals surface area (Å²) in [5, 5.41) is 7.87. The Kier molecular flexibility index (Phi) is 5.98. The average Bonchev–Trinajstić information content (AvgIpc) is 3.50.